The second-order valence-electron chi connectivity index (χ2n) is 4.80. The molecule has 1 amide bonds. The van der Waals surface area contributed by atoms with Crippen LogP contribution in [0.1, 0.15) is 49.5 Å². The molecule has 0 unspecified atom stereocenters. The van der Waals surface area contributed by atoms with Gasteiger partial charge in [-0.15, -0.1) is 0 Å². The van der Waals surface area contributed by atoms with Crippen LogP contribution in [-0.4, -0.2) is 18.0 Å². The van der Waals surface area contributed by atoms with Crippen LogP contribution in [0.15, 0.2) is 24.3 Å². The first-order valence-electron chi connectivity index (χ1n) is 6.70. The molecule has 3 N–H and O–H groups in total. The summed E-state index contributed by atoms with van der Waals surface area (Å²) >= 11 is 0. The third kappa shape index (κ3) is 3.84. The van der Waals surface area contributed by atoms with Crippen molar-refractivity contribution in [1.82, 2.24) is 5.32 Å². The summed E-state index contributed by atoms with van der Waals surface area (Å²) in [6, 6.07) is 7.71. The molecule has 0 saturated heterocycles. The first-order valence-corrected chi connectivity index (χ1v) is 6.70. The third-order valence-electron chi connectivity index (χ3n) is 3.63. The van der Waals surface area contributed by atoms with Crippen LogP contribution >= 0.6 is 0 Å². The fourth-order valence-electron chi connectivity index (χ4n) is 1.75. The highest BCUT2D eigenvalue weighted by atomic mass is 16.1. The molecule has 0 saturated carbocycles. The number of carbonyl (C=O) groups excluding carboxylic acids is 1. The Morgan fingerprint density at radius 2 is 1.72 bits per heavy atom. The molecule has 18 heavy (non-hydrogen) atoms. The van der Waals surface area contributed by atoms with Gasteiger partial charge in [-0.25, -0.2) is 0 Å². The summed E-state index contributed by atoms with van der Waals surface area (Å²) in [5.41, 5.74) is 7.80. The van der Waals surface area contributed by atoms with Crippen molar-refractivity contribution in [2.45, 2.75) is 45.6 Å². The molecule has 1 rings (SSSR count). The highest BCUT2D eigenvalue weighted by Gasteiger charge is 2.21. The average Bonchev–Trinajstić information content (AvgIpc) is 2.44. The van der Waals surface area contributed by atoms with Crippen LogP contribution in [0.25, 0.3) is 0 Å². The zero-order valence-corrected chi connectivity index (χ0v) is 11.6. The van der Waals surface area contributed by atoms with Gasteiger partial charge in [0.1, 0.15) is 0 Å². The third-order valence-corrected chi connectivity index (χ3v) is 3.63. The Labute approximate surface area is 110 Å². The maximum Gasteiger partial charge on any atom is 0.251 e. The number of rotatable bonds is 6. The van der Waals surface area contributed by atoms with E-state index in [9.17, 15) is 4.79 Å². The van der Waals surface area contributed by atoms with Gasteiger partial charge in [0.05, 0.1) is 0 Å². The van der Waals surface area contributed by atoms with Gasteiger partial charge in [0.25, 0.3) is 5.91 Å². The Kier molecular flexibility index (Phi) is 5.35. The lowest BCUT2D eigenvalue weighted by Gasteiger charge is -2.26. The Morgan fingerprint density at radius 1 is 1.17 bits per heavy atom. The second kappa shape index (κ2) is 6.55. The van der Waals surface area contributed by atoms with E-state index >= 15 is 0 Å². The lowest BCUT2D eigenvalue weighted by atomic mass is 9.94. The summed E-state index contributed by atoms with van der Waals surface area (Å²) in [6.07, 6.45) is 2.70. The molecule has 1 aromatic rings. The summed E-state index contributed by atoms with van der Waals surface area (Å²) in [5.74, 6) is -0.0469. The van der Waals surface area contributed by atoms with Gasteiger partial charge in [0.2, 0.25) is 0 Å². The van der Waals surface area contributed by atoms with Crippen molar-refractivity contribution >= 4 is 5.91 Å². The average molecular weight is 248 g/mol. The van der Waals surface area contributed by atoms with Crippen LogP contribution in [0.3, 0.4) is 0 Å². The van der Waals surface area contributed by atoms with Crippen LogP contribution in [0.2, 0.25) is 0 Å². The monoisotopic (exact) mass is 248 g/mol. The normalized spacial score (nSPS) is 11.3. The van der Waals surface area contributed by atoms with E-state index in [0.717, 1.165) is 19.3 Å². The molecule has 0 spiro atoms. The number of aryl methyl sites for hydroxylation is 1. The minimum atomic E-state index is -0.293. The standard InChI is InChI=1S/C15H24N2O/c1-4-12-7-9-13(10-8-12)14(18)17-11-15(16,5-2)6-3/h7-10H,4-6,11,16H2,1-3H3,(H,17,18). The Morgan fingerprint density at radius 3 is 2.17 bits per heavy atom. The minimum absolute atomic E-state index is 0.0469. The molecule has 0 fully saturated rings. The molecule has 0 heterocycles. The van der Waals surface area contributed by atoms with Gasteiger partial charge in [0, 0.05) is 17.6 Å². The fraction of sp³-hybridized carbons (Fsp3) is 0.533. The summed E-state index contributed by atoms with van der Waals surface area (Å²) in [4.78, 5) is 12.0. The van der Waals surface area contributed by atoms with Crippen LogP contribution in [0.4, 0.5) is 0 Å². The van der Waals surface area contributed by atoms with Crippen LogP contribution in [-0.2, 0) is 6.42 Å². The van der Waals surface area contributed by atoms with Crippen molar-refractivity contribution in [1.29, 1.82) is 0 Å². The molecule has 0 atom stereocenters. The second-order valence-corrected chi connectivity index (χ2v) is 4.80. The summed E-state index contributed by atoms with van der Waals surface area (Å²) in [7, 11) is 0. The summed E-state index contributed by atoms with van der Waals surface area (Å²) in [5, 5.41) is 2.91. The fourth-order valence-corrected chi connectivity index (χ4v) is 1.75. The van der Waals surface area contributed by atoms with Gasteiger partial charge in [0.15, 0.2) is 0 Å². The minimum Gasteiger partial charge on any atom is -0.350 e. The molecule has 0 aliphatic heterocycles. The predicted octanol–water partition coefficient (Wildman–Crippen LogP) is 2.50. The zero-order valence-electron chi connectivity index (χ0n) is 11.6. The van der Waals surface area contributed by atoms with E-state index in [0.29, 0.717) is 12.1 Å². The largest absolute Gasteiger partial charge is 0.350 e. The summed E-state index contributed by atoms with van der Waals surface area (Å²) < 4.78 is 0. The molecule has 100 valence electrons. The van der Waals surface area contributed by atoms with Crippen molar-refractivity contribution in [3.63, 3.8) is 0 Å². The molecule has 3 heteroatoms. The number of amides is 1. The lowest BCUT2D eigenvalue weighted by molar-refractivity contribution is 0.0942. The molecule has 1 aromatic carbocycles. The molecular weight excluding hydrogens is 224 g/mol. The van der Waals surface area contributed by atoms with Crippen LogP contribution in [0.5, 0.6) is 0 Å². The molecule has 0 bridgehead atoms. The number of nitrogens with two attached hydrogens (primary N) is 1. The topological polar surface area (TPSA) is 55.1 Å². The molecule has 0 aliphatic carbocycles. The smallest absolute Gasteiger partial charge is 0.251 e. The van der Waals surface area contributed by atoms with E-state index in [-0.39, 0.29) is 11.4 Å². The number of hydrogen-bond donors (Lipinski definition) is 2. The quantitative estimate of drug-likeness (QED) is 0.812. The van der Waals surface area contributed by atoms with Gasteiger partial charge in [-0.3, -0.25) is 4.79 Å². The van der Waals surface area contributed by atoms with Crippen molar-refractivity contribution < 1.29 is 4.79 Å². The van der Waals surface area contributed by atoms with Gasteiger partial charge >= 0.3 is 0 Å². The number of carbonyl (C=O) groups is 1. The lowest BCUT2D eigenvalue weighted by Crippen LogP contribution is -2.49. The highest BCUT2D eigenvalue weighted by molar-refractivity contribution is 5.94. The van der Waals surface area contributed by atoms with Crippen LogP contribution < -0.4 is 11.1 Å². The predicted molar refractivity (Wildman–Crippen MR) is 75.7 cm³/mol. The van der Waals surface area contributed by atoms with E-state index in [2.05, 4.69) is 12.2 Å². The molecule has 0 aromatic heterocycles. The first-order chi connectivity index (χ1) is 8.54. The van der Waals surface area contributed by atoms with Gasteiger partial charge in [-0.2, -0.15) is 0 Å². The molecular formula is C15H24N2O. The first kappa shape index (κ1) is 14.7. The Hall–Kier alpha value is -1.35. The number of benzene rings is 1. The SMILES string of the molecule is CCc1ccc(C(=O)NCC(N)(CC)CC)cc1. The molecule has 0 aliphatic rings. The number of nitrogens with one attached hydrogen (secondary N) is 1. The van der Waals surface area contributed by atoms with Crippen LogP contribution in [0, 0.1) is 0 Å². The Bertz CT molecular complexity index is 380. The zero-order chi connectivity index (χ0) is 13.6. The molecule has 0 radical (unpaired) electrons. The van der Waals surface area contributed by atoms with Gasteiger partial charge in [-0.1, -0.05) is 32.9 Å². The maximum atomic E-state index is 12.0. The highest BCUT2D eigenvalue weighted by Crippen LogP contribution is 2.10. The number of hydrogen-bond acceptors (Lipinski definition) is 2. The van der Waals surface area contributed by atoms with E-state index in [1.54, 1.807) is 0 Å². The molecule has 3 nitrogen and oxygen atoms in total. The van der Waals surface area contributed by atoms with Gasteiger partial charge < -0.3 is 11.1 Å². The van der Waals surface area contributed by atoms with E-state index in [1.807, 2.05) is 38.1 Å². The van der Waals surface area contributed by atoms with Crippen molar-refractivity contribution in [2.75, 3.05) is 6.54 Å². The summed E-state index contributed by atoms with van der Waals surface area (Å²) in [6.45, 7) is 6.71. The van der Waals surface area contributed by atoms with E-state index < -0.39 is 0 Å². The van der Waals surface area contributed by atoms with E-state index in [1.165, 1.54) is 5.56 Å². The van der Waals surface area contributed by atoms with Gasteiger partial charge in [-0.05, 0) is 37.0 Å². The maximum absolute atomic E-state index is 12.0. The van der Waals surface area contributed by atoms with Crippen molar-refractivity contribution in [3.05, 3.63) is 35.4 Å². The van der Waals surface area contributed by atoms with E-state index in [4.69, 9.17) is 5.73 Å². The van der Waals surface area contributed by atoms with Crippen molar-refractivity contribution in [2.24, 2.45) is 5.73 Å². The Balaban J connectivity index is 2.59. The van der Waals surface area contributed by atoms with Crippen molar-refractivity contribution in [3.8, 4) is 0 Å².